The van der Waals surface area contributed by atoms with Crippen LogP contribution in [-0.4, -0.2) is 31.2 Å². The van der Waals surface area contributed by atoms with Crippen molar-refractivity contribution in [2.45, 2.75) is 19.3 Å². The quantitative estimate of drug-likeness (QED) is 0.870. The molecule has 2 saturated carbocycles. The minimum atomic E-state index is -0.857. The highest BCUT2D eigenvalue weighted by molar-refractivity contribution is 5.96. The number of benzene rings is 1. The lowest BCUT2D eigenvalue weighted by molar-refractivity contribution is -0.148. The van der Waals surface area contributed by atoms with Crippen molar-refractivity contribution < 1.29 is 24.2 Å². The van der Waals surface area contributed by atoms with Gasteiger partial charge in [-0.15, -0.1) is 0 Å². The van der Waals surface area contributed by atoms with Gasteiger partial charge in [0.2, 0.25) is 5.91 Å². The lowest BCUT2D eigenvalue weighted by atomic mass is 9.78. The minimum absolute atomic E-state index is 0.138. The lowest BCUT2D eigenvalue weighted by Gasteiger charge is -2.27. The number of methoxy groups -OCH3 is 2. The largest absolute Gasteiger partial charge is 0.493 e. The van der Waals surface area contributed by atoms with Gasteiger partial charge in [0.05, 0.1) is 26.1 Å². The fraction of sp³-hybridized carbons (Fsp3) is 0.529. The van der Waals surface area contributed by atoms with Crippen molar-refractivity contribution in [3.63, 3.8) is 0 Å². The molecule has 2 N–H and O–H groups in total. The van der Waals surface area contributed by atoms with E-state index in [-0.39, 0.29) is 17.7 Å². The maximum absolute atomic E-state index is 12.6. The topological polar surface area (TPSA) is 84.9 Å². The summed E-state index contributed by atoms with van der Waals surface area (Å²) in [4.78, 5) is 24.2. The first kappa shape index (κ1) is 15.6. The summed E-state index contributed by atoms with van der Waals surface area (Å²) >= 11 is 0. The van der Waals surface area contributed by atoms with Crippen LogP contribution in [0.3, 0.4) is 0 Å². The van der Waals surface area contributed by atoms with E-state index in [1.807, 2.05) is 0 Å². The van der Waals surface area contributed by atoms with Crippen molar-refractivity contribution >= 4 is 17.6 Å². The molecule has 6 heteroatoms. The molecular weight excluding hydrogens is 298 g/mol. The molecule has 1 aromatic carbocycles. The minimum Gasteiger partial charge on any atom is -0.493 e. The summed E-state index contributed by atoms with van der Waals surface area (Å²) in [6.45, 7) is 0. The Morgan fingerprint density at radius 1 is 1.09 bits per heavy atom. The molecule has 6 nitrogen and oxygen atoms in total. The number of hydrogen-bond donors (Lipinski definition) is 2. The van der Waals surface area contributed by atoms with Crippen LogP contribution in [0.25, 0.3) is 0 Å². The van der Waals surface area contributed by atoms with Crippen LogP contribution in [0, 0.1) is 23.7 Å². The third-order valence-corrected chi connectivity index (χ3v) is 5.16. The third-order valence-electron chi connectivity index (χ3n) is 5.16. The van der Waals surface area contributed by atoms with Crippen LogP contribution in [0.4, 0.5) is 5.69 Å². The van der Waals surface area contributed by atoms with Crippen LogP contribution < -0.4 is 14.8 Å². The van der Waals surface area contributed by atoms with Crippen molar-refractivity contribution in [2.24, 2.45) is 23.7 Å². The molecule has 4 atom stereocenters. The average Bonchev–Trinajstić information content (AvgIpc) is 3.15. The first-order chi connectivity index (χ1) is 11.0. The molecular formula is C17H21NO5. The molecule has 1 aromatic rings. The van der Waals surface area contributed by atoms with Gasteiger partial charge in [-0.05, 0) is 43.2 Å². The second-order valence-corrected chi connectivity index (χ2v) is 6.28. The van der Waals surface area contributed by atoms with Crippen LogP contribution >= 0.6 is 0 Å². The van der Waals surface area contributed by atoms with Gasteiger partial charge >= 0.3 is 5.97 Å². The first-order valence-electron chi connectivity index (χ1n) is 7.80. The Balaban J connectivity index is 1.78. The number of carbonyl (C=O) groups is 2. The van der Waals surface area contributed by atoms with E-state index in [0.29, 0.717) is 17.2 Å². The third kappa shape index (κ3) is 2.73. The summed E-state index contributed by atoms with van der Waals surface area (Å²) in [5.41, 5.74) is 0.583. The van der Waals surface area contributed by atoms with Crippen molar-refractivity contribution in [1.82, 2.24) is 0 Å². The Morgan fingerprint density at radius 2 is 1.74 bits per heavy atom. The Kier molecular flexibility index (Phi) is 4.15. The number of carboxylic acid groups (broad SMARTS) is 1. The van der Waals surface area contributed by atoms with Crippen LogP contribution in [0.15, 0.2) is 18.2 Å². The van der Waals surface area contributed by atoms with Gasteiger partial charge in [0.15, 0.2) is 11.5 Å². The molecule has 2 aliphatic carbocycles. The van der Waals surface area contributed by atoms with E-state index in [1.54, 1.807) is 25.3 Å². The standard InChI is InChI=1S/C17H21NO5/c1-22-12-6-5-11(8-13(12)23-2)18-16(19)14-9-3-4-10(7-9)15(14)17(20)21/h5-6,8-10,14-15H,3-4,7H2,1-2H3,(H,18,19)(H,20,21)/t9-,10-,14-,15+/m0/s1. The van der Waals surface area contributed by atoms with Crippen molar-refractivity contribution in [3.05, 3.63) is 18.2 Å². The molecule has 1 amide bonds. The van der Waals surface area contributed by atoms with E-state index < -0.39 is 17.8 Å². The molecule has 23 heavy (non-hydrogen) atoms. The van der Waals surface area contributed by atoms with Gasteiger partial charge in [0.1, 0.15) is 0 Å². The highest BCUT2D eigenvalue weighted by Crippen LogP contribution is 2.52. The number of carboxylic acids is 1. The molecule has 0 aromatic heterocycles. The maximum atomic E-state index is 12.6. The fourth-order valence-corrected chi connectivity index (χ4v) is 4.16. The Morgan fingerprint density at radius 3 is 2.35 bits per heavy atom. The zero-order chi connectivity index (χ0) is 16.6. The van der Waals surface area contributed by atoms with Crippen molar-refractivity contribution in [1.29, 1.82) is 0 Å². The van der Waals surface area contributed by atoms with E-state index >= 15 is 0 Å². The number of carbonyl (C=O) groups excluding carboxylic acids is 1. The van der Waals surface area contributed by atoms with Crippen LogP contribution in [-0.2, 0) is 9.59 Å². The van der Waals surface area contributed by atoms with Gasteiger partial charge in [-0.3, -0.25) is 9.59 Å². The Labute approximate surface area is 134 Å². The highest BCUT2D eigenvalue weighted by Gasteiger charge is 2.53. The molecule has 0 aliphatic heterocycles. The van der Waals surface area contributed by atoms with E-state index in [9.17, 15) is 14.7 Å². The molecule has 0 unspecified atom stereocenters. The van der Waals surface area contributed by atoms with Crippen LogP contribution in [0.1, 0.15) is 19.3 Å². The zero-order valence-electron chi connectivity index (χ0n) is 13.2. The highest BCUT2D eigenvalue weighted by atomic mass is 16.5. The molecule has 0 heterocycles. The second kappa shape index (κ2) is 6.10. The number of amides is 1. The maximum Gasteiger partial charge on any atom is 0.307 e. The van der Waals surface area contributed by atoms with Gasteiger partial charge in [0, 0.05) is 11.8 Å². The van der Waals surface area contributed by atoms with E-state index in [1.165, 1.54) is 7.11 Å². The average molecular weight is 319 g/mol. The van der Waals surface area contributed by atoms with Gasteiger partial charge in [0.25, 0.3) is 0 Å². The number of ether oxygens (including phenoxy) is 2. The summed E-state index contributed by atoms with van der Waals surface area (Å²) < 4.78 is 10.4. The number of fused-ring (bicyclic) bond motifs is 2. The van der Waals surface area contributed by atoms with Gasteiger partial charge < -0.3 is 19.9 Å². The Bertz CT molecular complexity index is 629. The summed E-state index contributed by atoms with van der Waals surface area (Å²) in [7, 11) is 3.07. The molecule has 2 bridgehead atoms. The van der Waals surface area contributed by atoms with Gasteiger partial charge in [-0.2, -0.15) is 0 Å². The predicted octanol–water partition coefficient (Wildman–Crippen LogP) is 2.39. The molecule has 124 valence electrons. The number of nitrogens with one attached hydrogen (secondary N) is 1. The number of anilines is 1. The summed E-state index contributed by atoms with van der Waals surface area (Å²) in [5, 5.41) is 12.3. The molecule has 0 spiro atoms. The number of rotatable bonds is 5. The number of aliphatic carboxylic acids is 1. The van der Waals surface area contributed by atoms with Gasteiger partial charge in [-0.1, -0.05) is 0 Å². The van der Waals surface area contributed by atoms with Crippen LogP contribution in [0.2, 0.25) is 0 Å². The predicted molar refractivity (Wildman–Crippen MR) is 83.6 cm³/mol. The molecule has 0 radical (unpaired) electrons. The monoisotopic (exact) mass is 319 g/mol. The van der Waals surface area contributed by atoms with E-state index in [2.05, 4.69) is 5.32 Å². The molecule has 3 rings (SSSR count). The van der Waals surface area contributed by atoms with E-state index in [4.69, 9.17) is 9.47 Å². The molecule has 2 fully saturated rings. The second-order valence-electron chi connectivity index (χ2n) is 6.28. The normalized spacial score (nSPS) is 28.4. The van der Waals surface area contributed by atoms with E-state index in [0.717, 1.165) is 19.3 Å². The Hall–Kier alpha value is -2.24. The van der Waals surface area contributed by atoms with Gasteiger partial charge in [-0.25, -0.2) is 0 Å². The molecule has 0 saturated heterocycles. The molecule has 2 aliphatic rings. The summed E-state index contributed by atoms with van der Waals surface area (Å²) in [6, 6.07) is 5.12. The SMILES string of the molecule is COc1ccc(NC(=O)[C@H]2[C@H]3CC[C@@H](C3)[C@H]2C(=O)O)cc1OC. The lowest BCUT2D eigenvalue weighted by Crippen LogP contribution is -2.37. The number of hydrogen-bond acceptors (Lipinski definition) is 4. The summed E-state index contributed by atoms with van der Waals surface area (Å²) in [6.07, 6.45) is 2.71. The van der Waals surface area contributed by atoms with Crippen LogP contribution in [0.5, 0.6) is 11.5 Å². The summed E-state index contributed by atoms with van der Waals surface area (Å²) in [5.74, 6) is -0.656. The smallest absolute Gasteiger partial charge is 0.307 e. The van der Waals surface area contributed by atoms with Crippen molar-refractivity contribution in [2.75, 3.05) is 19.5 Å². The zero-order valence-corrected chi connectivity index (χ0v) is 13.2. The van der Waals surface area contributed by atoms with Crippen molar-refractivity contribution in [3.8, 4) is 11.5 Å². The first-order valence-corrected chi connectivity index (χ1v) is 7.80. The fourth-order valence-electron chi connectivity index (χ4n) is 4.16.